The van der Waals surface area contributed by atoms with Crippen molar-refractivity contribution in [1.82, 2.24) is 14.7 Å². The zero-order valence-electron chi connectivity index (χ0n) is 16.4. The molecule has 0 bridgehead atoms. The van der Waals surface area contributed by atoms with E-state index in [0.29, 0.717) is 6.42 Å². The summed E-state index contributed by atoms with van der Waals surface area (Å²) in [6, 6.07) is 12.2. The Morgan fingerprint density at radius 2 is 2.11 bits per heavy atom. The lowest BCUT2D eigenvalue weighted by Crippen LogP contribution is -2.33. The molecule has 2 unspecified atom stereocenters. The van der Waals surface area contributed by atoms with Crippen molar-refractivity contribution in [2.75, 3.05) is 7.11 Å². The number of hydrogen-bond donors (Lipinski definition) is 1. The van der Waals surface area contributed by atoms with Crippen LogP contribution in [-0.2, 0) is 4.79 Å². The van der Waals surface area contributed by atoms with E-state index in [2.05, 4.69) is 27.7 Å². The molecule has 0 spiro atoms. The molecule has 1 aromatic carbocycles. The largest absolute Gasteiger partial charge is 0.497 e. The molecular formula is C22H27N3O2. The van der Waals surface area contributed by atoms with Gasteiger partial charge in [0.1, 0.15) is 11.4 Å². The Balaban J connectivity index is 2.01. The van der Waals surface area contributed by atoms with Crippen LogP contribution in [0.3, 0.4) is 0 Å². The molecule has 0 radical (unpaired) electrons. The number of nitrogens with zero attached hydrogens (tertiary/aromatic N) is 2. The molecule has 0 aliphatic rings. The summed E-state index contributed by atoms with van der Waals surface area (Å²) < 4.78 is 7.45. The van der Waals surface area contributed by atoms with E-state index < -0.39 is 0 Å². The molecule has 27 heavy (non-hydrogen) atoms. The minimum Gasteiger partial charge on any atom is -0.497 e. The first kappa shape index (κ1) is 19.0. The van der Waals surface area contributed by atoms with Crippen molar-refractivity contribution in [3.05, 3.63) is 65.6 Å². The molecule has 2 heterocycles. The highest BCUT2D eigenvalue weighted by atomic mass is 16.5. The minimum atomic E-state index is -0.109. The van der Waals surface area contributed by atoms with Gasteiger partial charge in [-0.25, -0.2) is 4.98 Å². The standard InChI is InChI=1S/C22H27N3O2/c1-5-16(3)24-22(26)13-19(17-7-6-8-18(12-17)27-4)20-14-23-21-11-15(2)9-10-25(20)21/h6-12,14,16,19H,5,13H2,1-4H3,(H,24,26). The third-order valence-electron chi connectivity index (χ3n) is 4.96. The zero-order valence-corrected chi connectivity index (χ0v) is 16.4. The van der Waals surface area contributed by atoms with Crippen LogP contribution in [0.1, 0.15) is 49.4 Å². The normalized spacial score (nSPS) is 13.3. The summed E-state index contributed by atoms with van der Waals surface area (Å²) in [6.07, 6.45) is 5.16. The fraction of sp³-hybridized carbons (Fsp3) is 0.364. The Bertz CT molecular complexity index is 932. The van der Waals surface area contributed by atoms with Crippen LogP contribution in [0, 0.1) is 6.92 Å². The number of benzene rings is 1. The molecule has 3 rings (SSSR count). The minimum absolute atomic E-state index is 0.0410. The molecule has 2 atom stereocenters. The van der Waals surface area contributed by atoms with Crippen LogP contribution in [0.25, 0.3) is 5.65 Å². The monoisotopic (exact) mass is 365 g/mol. The fourth-order valence-electron chi connectivity index (χ4n) is 3.23. The summed E-state index contributed by atoms with van der Waals surface area (Å²) in [4.78, 5) is 17.2. The molecular weight excluding hydrogens is 338 g/mol. The van der Waals surface area contributed by atoms with Crippen LogP contribution in [0.4, 0.5) is 0 Å². The highest BCUT2D eigenvalue weighted by Gasteiger charge is 2.23. The van der Waals surface area contributed by atoms with E-state index in [1.54, 1.807) is 7.11 Å². The molecule has 0 saturated carbocycles. The summed E-state index contributed by atoms with van der Waals surface area (Å²) >= 11 is 0. The third kappa shape index (κ3) is 4.30. The zero-order chi connectivity index (χ0) is 19.4. The second kappa shape index (κ2) is 8.25. The second-order valence-corrected chi connectivity index (χ2v) is 7.03. The molecule has 0 aliphatic carbocycles. The number of imidazole rings is 1. The van der Waals surface area contributed by atoms with E-state index in [4.69, 9.17) is 4.74 Å². The molecule has 0 saturated heterocycles. The summed E-state index contributed by atoms with van der Waals surface area (Å²) in [5.74, 6) is 0.714. The van der Waals surface area contributed by atoms with Crippen LogP contribution < -0.4 is 10.1 Å². The maximum atomic E-state index is 12.7. The fourth-order valence-corrected chi connectivity index (χ4v) is 3.23. The van der Waals surface area contributed by atoms with E-state index in [-0.39, 0.29) is 17.9 Å². The Morgan fingerprint density at radius 1 is 1.30 bits per heavy atom. The molecule has 3 aromatic rings. The lowest BCUT2D eigenvalue weighted by Gasteiger charge is -2.19. The van der Waals surface area contributed by atoms with Gasteiger partial charge in [0.25, 0.3) is 0 Å². The highest BCUT2D eigenvalue weighted by molar-refractivity contribution is 5.77. The number of nitrogens with one attached hydrogen (secondary N) is 1. The van der Waals surface area contributed by atoms with Gasteiger partial charge in [0.2, 0.25) is 5.91 Å². The molecule has 5 nitrogen and oxygen atoms in total. The molecule has 5 heteroatoms. The summed E-state index contributed by atoms with van der Waals surface area (Å²) in [6.45, 7) is 6.14. The lowest BCUT2D eigenvalue weighted by molar-refractivity contribution is -0.121. The first-order valence-electron chi connectivity index (χ1n) is 9.38. The van der Waals surface area contributed by atoms with Crippen molar-refractivity contribution < 1.29 is 9.53 Å². The predicted octanol–water partition coefficient (Wildman–Crippen LogP) is 4.09. The number of fused-ring (bicyclic) bond motifs is 1. The molecule has 2 aromatic heterocycles. The molecule has 1 amide bonds. The second-order valence-electron chi connectivity index (χ2n) is 7.03. The highest BCUT2D eigenvalue weighted by Crippen LogP contribution is 2.31. The number of carbonyl (C=O) groups excluding carboxylic acids is 1. The number of rotatable bonds is 7. The van der Waals surface area contributed by atoms with Gasteiger partial charge in [0.15, 0.2) is 0 Å². The van der Waals surface area contributed by atoms with Gasteiger partial charge < -0.3 is 14.5 Å². The number of methoxy groups -OCH3 is 1. The van der Waals surface area contributed by atoms with Crippen LogP contribution in [-0.4, -0.2) is 28.4 Å². The van der Waals surface area contributed by atoms with Gasteiger partial charge in [-0.05, 0) is 55.7 Å². The smallest absolute Gasteiger partial charge is 0.221 e. The SMILES string of the molecule is CCC(C)NC(=O)CC(c1cccc(OC)c1)c1cnc2cc(C)ccn12. The van der Waals surface area contributed by atoms with E-state index >= 15 is 0 Å². The number of aromatic nitrogens is 2. The van der Waals surface area contributed by atoms with E-state index in [1.165, 1.54) is 0 Å². The Labute approximate surface area is 160 Å². The van der Waals surface area contributed by atoms with Gasteiger partial charge in [-0.15, -0.1) is 0 Å². The Morgan fingerprint density at radius 3 is 2.85 bits per heavy atom. The molecule has 0 fully saturated rings. The number of hydrogen-bond acceptors (Lipinski definition) is 3. The van der Waals surface area contributed by atoms with Gasteiger partial charge in [-0.2, -0.15) is 0 Å². The first-order valence-corrected chi connectivity index (χ1v) is 9.38. The Hall–Kier alpha value is -2.82. The van der Waals surface area contributed by atoms with Crippen LogP contribution in [0.5, 0.6) is 5.75 Å². The third-order valence-corrected chi connectivity index (χ3v) is 4.96. The van der Waals surface area contributed by atoms with Gasteiger partial charge in [-0.3, -0.25) is 4.79 Å². The number of aryl methyl sites for hydroxylation is 1. The molecule has 0 aliphatic heterocycles. The van der Waals surface area contributed by atoms with Crippen molar-refractivity contribution in [2.45, 2.75) is 45.6 Å². The topological polar surface area (TPSA) is 55.6 Å². The van der Waals surface area contributed by atoms with Crippen LogP contribution in [0.15, 0.2) is 48.8 Å². The molecule has 1 N–H and O–H groups in total. The lowest BCUT2D eigenvalue weighted by atomic mass is 9.92. The van der Waals surface area contributed by atoms with Crippen LogP contribution >= 0.6 is 0 Å². The summed E-state index contributed by atoms with van der Waals surface area (Å²) in [5, 5.41) is 3.08. The van der Waals surface area contributed by atoms with Crippen molar-refractivity contribution in [3.8, 4) is 5.75 Å². The molecule has 142 valence electrons. The van der Waals surface area contributed by atoms with Crippen molar-refractivity contribution in [1.29, 1.82) is 0 Å². The van der Waals surface area contributed by atoms with Gasteiger partial charge in [-0.1, -0.05) is 19.1 Å². The first-order chi connectivity index (χ1) is 13.0. The van der Waals surface area contributed by atoms with Crippen molar-refractivity contribution in [3.63, 3.8) is 0 Å². The summed E-state index contributed by atoms with van der Waals surface area (Å²) in [7, 11) is 1.65. The number of carbonyl (C=O) groups is 1. The number of amides is 1. The maximum absolute atomic E-state index is 12.7. The number of pyridine rings is 1. The van der Waals surface area contributed by atoms with Crippen LogP contribution in [0.2, 0.25) is 0 Å². The van der Waals surface area contributed by atoms with Gasteiger partial charge in [0.05, 0.1) is 12.8 Å². The summed E-state index contributed by atoms with van der Waals surface area (Å²) in [5.41, 5.74) is 4.08. The van der Waals surface area contributed by atoms with E-state index in [1.807, 2.05) is 56.6 Å². The maximum Gasteiger partial charge on any atom is 0.221 e. The van der Waals surface area contributed by atoms with Gasteiger partial charge in [0, 0.05) is 30.8 Å². The van der Waals surface area contributed by atoms with Gasteiger partial charge >= 0.3 is 0 Å². The predicted molar refractivity (Wildman–Crippen MR) is 107 cm³/mol. The average Bonchev–Trinajstić information content (AvgIpc) is 3.08. The average molecular weight is 365 g/mol. The van der Waals surface area contributed by atoms with E-state index in [9.17, 15) is 4.79 Å². The van der Waals surface area contributed by atoms with Crippen molar-refractivity contribution >= 4 is 11.6 Å². The Kier molecular flexibility index (Phi) is 5.79. The van der Waals surface area contributed by atoms with Crippen molar-refractivity contribution in [2.24, 2.45) is 0 Å². The quantitative estimate of drug-likeness (QED) is 0.686. The van der Waals surface area contributed by atoms with E-state index in [0.717, 1.165) is 34.6 Å². The number of ether oxygens (including phenoxy) is 1.